The van der Waals surface area contributed by atoms with Crippen molar-refractivity contribution in [1.82, 2.24) is 0 Å². The van der Waals surface area contributed by atoms with Crippen LogP contribution in [0.1, 0.15) is 83.5 Å². The van der Waals surface area contributed by atoms with Crippen molar-refractivity contribution in [2.75, 3.05) is 6.61 Å². The van der Waals surface area contributed by atoms with Gasteiger partial charge in [0.1, 0.15) is 0 Å². The molecule has 0 aromatic rings. The summed E-state index contributed by atoms with van der Waals surface area (Å²) >= 11 is 9.05. The van der Waals surface area contributed by atoms with Gasteiger partial charge in [0.05, 0.1) is 6.61 Å². The number of thiol groups is 1. The van der Waals surface area contributed by atoms with E-state index in [0.717, 1.165) is 29.9 Å². The second-order valence-electron chi connectivity index (χ2n) is 5.71. The topological polar surface area (TPSA) is 66.8 Å². The predicted molar refractivity (Wildman–Crippen MR) is 99.6 cm³/mol. The molecule has 0 spiro atoms. The van der Waals surface area contributed by atoms with E-state index in [2.05, 4.69) is 17.2 Å². The zero-order valence-electron chi connectivity index (χ0n) is 13.4. The van der Waals surface area contributed by atoms with E-state index in [1.807, 2.05) is 0 Å². The monoisotopic (exact) mass is 370 g/mol. The van der Waals surface area contributed by atoms with Gasteiger partial charge in [0.2, 0.25) is 0 Å². The molecule has 0 amide bonds. The number of hydrogen-bond donors (Lipinski definition) is 3. The molecule has 0 aliphatic heterocycles. The normalized spacial score (nSPS) is 11.8. The molecule has 0 radical (unpaired) electrons. The van der Waals surface area contributed by atoms with Crippen LogP contribution >= 0.6 is 32.7 Å². The number of unbranched alkanes of at least 4 members (excludes halogenated alkanes) is 11. The van der Waals surface area contributed by atoms with Crippen LogP contribution in [0.25, 0.3) is 0 Å². The molecule has 0 saturated carbocycles. The van der Waals surface area contributed by atoms with Crippen molar-refractivity contribution in [3.63, 3.8) is 0 Å². The summed E-state index contributed by atoms with van der Waals surface area (Å²) in [5.41, 5.74) is 0. The molecule has 0 aliphatic carbocycles. The lowest BCUT2D eigenvalue weighted by atomic mass is 10.0. The summed E-state index contributed by atoms with van der Waals surface area (Å²) < 4.78 is 15.7. The third-order valence-corrected chi connectivity index (χ3v) is 4.49. The van der Waals surface area contributed by atoms with Gasteiger partial charge in [0, 0.05) is 4.20 Å². The molecule has 22 heavy (non-hydrogen) atoms. The van der Waals surface area contributed by atoms with Gasteiger partial charge in [-0.05, 0) is 19.3 Å². The van der Waals surface area contributed by atoms with Gasteiger partial charge in [-0.25, -0.2) is 4.57 Å². The van der Waals surface area contributed by atoms with E-state index in [-0.39, 0.29) is 6.61 Å². The molecule has 0 unspecified atom stereocenters. The maximum Gasteiger partial charge on any atom is 0.469 e. The van der Waals surface area contributed by atoms with Gasteiger partial charge < -0.3 is 9.79 Å². The number of rotatable bonds is 16. The minimum atomic E-state index is -4.27. The molecule has 0 heterocycles. The molecule has 4 nitrogen and oxygen atoms in total. The Morgan fingerprint density at radius 2 is 1.18 bits per heavy atom. The first kappa shape index (κ1) is 22.6. The lowest BCUT2D eigenvalue weighted by Crippen LogP contribution is -1.92. The van der Waals surface area contributed by atoms with Crippen LogP contribution in [-0.2, 0) is 9.09 Å². The molecule has 0 saturated heterocycles. The molecule has 0 aliphatic rings. The summed E-state index contributed by atoms with van der Waals surface area (Å²) in [6.07, 6.45) is 15.2. The van der Waals surface area contributed by atoms with Crippen LogP contribution in [0.15, 0.2) is 0 Å². The van der Waals surface area contributed by atoms with Crippen molar-refractivity contribution >= 4 is 36.9 Å². The average Bonchev–Trinajstić information content (AvgIpc) is 2.41. The maximum absolute atomic E-state index is 10.4. The van der Waals surface area contributed by atoms with Crippen molar-refractivity contribution in [2.45, 2.75) is 83.5 Å². The van der Waals surface area contributed by atoms with Crippen LogP contribution in [0.5, 0.6) is 0 Å². The Morgan fingerprint density at radius 1 is 0.818 bits per heavy atom. The van der Waals surface area contributed by atoms with Crippen molar-refractivity contribution in [3.8, 4) is 0 Å². The van der Waals surface area contributed by atoms with Gasteiger partial charge in [-0.2, -0.15) is 0 Å². The zero-order chi connectivity index (χ0) is 16.7. The summed E-state index contributed by atoms with van der Waals surface area (Å²) in [5, 5.41) is 0. The van der Waals surface area contributed by atoms with Gasteiger partial charge in [0.15, 0.2) is 0 Å². The Balaban J connectivity index is 3.06. The smallest absolute Gasteiger partial charge is 0.303 e. The second kappa shape index (κ2) is 15.1. The van der Waals surface area contributed by atoms with Crippen LogP contribution in [0.2, 0.25) is 0 Å². The van der Waals surface area contributed by atoms with Crippen molar-refractivity contribution in [3.05, 3.63) is 0 Å². The summed E-state index contributed by atoms with van der Waals surface area (Å²) in [6.45, 7) is 0.155. The van der Waals surface area contributed by atoms with Crippen LogP contribution < -0.4 is 0 Å². The van der Waals surface area contributed by atoms with E-state index in [1.54, 1.807) is 0 Å². The molecule has 0 atom stereocenters. The largest absolute Gasteiger partial charge is 0.469 e. The molecule has 0 fully saturated rings. The van der Waals surface area contributed by atoms with Crippen molar-refractivity contribution in [1.29, 1.82) is 0 Å². The van der Waals surface area contributed by atoms with E-state index in [4.69, 9.17) is 22.0 Å². The van der Waals surface area contributed by atoms with Gasteiger partial charge in [-0.1, -0.05) is 76.4 Å². The van der Waals surface area contributed by atoms with Crippen LogP contribution in [0.4, 0.5) is 0 Å². The van der Waals surface area contributed by atoms with Crippen LogP contribution in [0.3, 0.4) is 0 Å². The first-order chi connectivity index (χ1) is 10.4. The molecule has 0 aromatic heterocycles. The highest BCUT2D eigenvalue weighted by Crippen LogP contribution is 2.35. The van der Waals surface area contributed by atoms with Crippen molar-refractivity contribution in [2.24, 2.45) is 0 Å². The molecule has 132 valence electrons. The summed E-state index contributed by atoms with van der Waals surface area (Å²) in [5.74, 6) is 0. The highest BCUT2D eigenvalue weighted by Gasteiger charge is 2.12. The first-order valence-corrected chi connectivity index (χ1v) is 10.7. The molecule has 7 heteroatoms. The predicted octanol–water partition coefficient (Wildman–Crippen LogP) is 5.42. The lowest BCUT2D eigenvalue weighted by molar-refractivity contribution is 0.193. The number of thiocarbonyl (C=S) groups is 1. The number of phosphoric ester groups is 1. The Kier molecular flexibility index (Phi) is 15.5. The van der Waals surface area contributed by atoms with Gasteiger partial charge in [-0.15, -0.1) is 12.6 Å². The SMILES string of the molecule is O=P(O)(O)OCCCCCCCCCCCCCCC(=S)S. The van der Waals surface area contributed by atoms with E-state index in [9.17, 15) is 4.57 Å². The van der Waals surface area contributed by atoms with Crippen molar-refractivity contribution < 1.29 is 18.9 Å². The molecule has 2 N–H and O–H groups in total. The molecule has 0 aromatic carbocycles. The fraction of sp³-hybridized carbons (Fsp3) is 0.933. The number of hydrogen-bond acceptors (Lipinski definition) is 3. The average molecular weight is 371 g/mol. The maximum atomic E-state index is 10.4. The third kappa shape index (κ3) is 20.6. The first-order valence-electron chi connectivity index (χ1n) is 8.34. The highest BCUT2D eigenvalue weighted by atomic mass is 32.1. The fourth-order valence-corrected chi connectivity index (χ4v) is 3.00. The minimum Gasteiger partial charge on any atom is -0.303 e. The number of phosphoric acid groups is 1. The van der Waals surface area contributed by atoms with Gasteiger partial charge >= 0.3 is 7.82 Å². The zero-order valence-corrected chi connectivity index (χ0v) is 16.0. The van der Waals surface area contributed by atoms with E-state index in [0.29, 0.717) is 0 Å². The fourth-order valence-electron chi connectivity index (χ4n) is 2.33. The summed E-state index contributed by atoms with van der Waals surface area (Å²) in [4.78, 5) is 17.0. The lowest BCUT2D eigenvalue weighted by Gasteiger charge is -2.05. The Morgan fingerprint density at radius 3 is 1.55 bits per heavy atom. The molecule has 0 bridgehead atoms. The quantitative estimate of drug-likeness (QED) is 0.146. The Labute approximate surface area is 146 Å². The van der Waals surface area contributed by atoms with Crippen LogP contribution in [0, 0.1) is 0 Å². The minimum absolute atomic E-state index is 0.155. The third-order valence-electron chi connectivity index (χ3n) is 3.54. The Hall–Kier alpha value is 0.550. The standard InChI is InChI=1S/C15H31O4PS2/c16-20(17,18)19-14-12-10-8-6-4-2-1-3-5-7-9-11-13-15(21)22/h1-14H2,(H,21,22)(H2,16,17,18). The van der Waals surface area contributed by atoms with E-state index < -0.39 is 7.82 Å². The Bertz CT molecular complexity index is 321. The van der Waals surface area contributed by atoms with E-state index in [1.165, 1.54) is 57.8 Å². The van der Waals surface area contributed by atoms with Gasteiger partial charge in [0.25, 0.3) is 0 Å². The summed E-state index contributed by atoms with van der Waals surface area (Å²) in [6, 6.07) is 0. The van der Waals surface area contributed by atoms with Gasteiger partial charge in [-0.3, -0.25) is 4.52 Å². The molecular weight excluding hydrogens is 339 g/mol. The highest BCUT2D eigenvalue weighted by molar-refractivity contribution is 8.11. The molecular formula is C15H31O4PS2. The summed E-state index contributed by atoms with van der Waals surface area (Å²) in [7, 11) is -4.27. The molecule has 0 rings (SSSR count). The van der Waals surface area contributed by atoms with E-state index >= 15 is 0 Å². The van der Waals surface area contributed by atoms with Crippen LogP contribution in [-0.4, -0.2) is 20.6 Å². The second-order valence-corrected chi connectivity index (χ2v) is 8.28.